The van der Waals surface area contributed by atoms with Crippen molar-refractivity contribution in [2.24, 2.45) is 5.10 Å². The van der Waals surface area contributed by atoms with Gasteiger partial charge < -0.3 is 10.4 Å². The van der Waals surface area contributed by atoms with Gasteiger partial charge in [-0.3, -0.25) is 5.43 Å². The Balaban J connectivity index is 1.83. The van der Waals surface area contributed by atoms with Gasteiger partial charge in [0.15, 0.2) is 11.4 Å². The zero-order valence-electron chi connectivity index (χ0n) is 15.3. The van der Waals surface area contributed by atoms with E-state index >= 15 is 0 Å². The van der Waals surface area contributed by atoms with E-state index in [1.165, 1.54) is 12.1 Å². The van der Waals surface area contributed by atoms with E-state index in [9.17, 15) is 15.6 Å². The Kier molecular flexibility index (Phi) is 6.82. The zero-order chi connectivity index (χ0) is 20.6. The molecule has 3 rings (SSSR count). The SMILES string of the molecule is [O-][NH+](O)c1ccc(C=Cc2ccccc2C=NNc2ccccc2)c([NH+]([O-])O)c1. The first-order valence-electron chi connectivity index (χ1n) is 8.76. The maximum atomic E-state index is 11.5. The molecule has 0 spiro atoms. The topological polar surface area (TPSA) is 120 Å². The summed E-state index contributed by atoms with van der Waals surface area (Å²) in [6.45, 7) is 0. The Morgan fingerprint density at radius 2 is 1.41 bits per heavy atom. The Labute approximate surface area is 167 Å². The van der Waals surface area contributed by atoms with Gasteiger partial charge in [-0.2, -0.15) is 15.6 Å². The van der Waals surface area contributed by atoms with E-state index in [2.05, 4.69) is 10.5 Å². The smallest absolute Gasteiger partial charge is 0.177 e. The van der Waals surface area contributed by atoms with Crippen molar-refractivity contribution in [2.75, 3.05) is 5.43 Å². The number of quaternary nitrogens is 2. The van der Waals surface area contributed by atoms with E-state index in [-0.39, 0.29) is 11.4 Å². The molecule has 2 atom stereocenters. The molecule has 3 aromatic carbocycles. The van der Waals surface area contributed by atoms with Gasteiger partial charge in [0, 0.05) is 17.2 Å². The van der Waals surface area contributed by atoms with Crippen LogP contribution in [0.1, 0.15) is 16.7 Å². The van der Waals surface area contributed by atoms with Crippen molar-refractivity contribution >= 4 is 35.4 Å². The fourth-order valence-corrected chi connectivity index (χ4v) is 2.67. The molecule has 0 radical (unpaired) electrons. The highest BCUT2D eigenvalue weighted by Crippen LogP contribution is 2.19. The molecule has 0 heterocycles. The lowest BCUT2D eigenvalue weighted by Crippen LogP contribution is -3.01. The monoisotopic (exact) mass is 392 g/mol. The molecular formula is C21H20N4O4. The lowest BCUT2D eigenvalue weighted by Gasteiger charge is -2.17. The predicted octanol–water partition coefficient (Wildman–Crippen LogP) is 2.11. The first-order chi connectivity index (χ1) is 14.0. The summed E-state index contributed by atoms with van der Waals surface area (Å²) in [7, 11) is 0. The second-order valence-corrected chi connectivity index (χ2v) is 6.11. The maximum absolute atomic E-state index is 11.5. The van der Waals surface area contributed by atoms with Gasteiger partial charge in [0.25, 0.3) is 0 Å². The van der Waals surface area contributed by atoms with Crippen LogP contribution in [0, 0.1) is 10.4 Å². The first kappa shape index (κ1) is 20.4. The van der Waals surface area contributed by atoms with Gasteiger partial charge in [-0.25, -0.2) is 10.4 Å². The summed E-state index contributed by atoms with van der Waals surface area (Å²) >= 11 is 0. The van der Waals surface area contributed by atoms with Gasteiger partial charge in [0.2, 0.25) is 0 Å². The van der Waals surface area contributed by atoms with E-state index in [0.717, 1.165) is 22.9 Å². The molecule has 0 aliphatic rings. The van der Waals surface area contributed by atoms with Gasteiger partial charge in [-0.15, -0.1) is 0 Å². The Morgan fingerprint density at radius 1 is 0.759 bits per heavy atom. The van der Waals surface area contributed by atoms with Crippen LogP contribution in [0.15, 0.2) is 77.9 Å². The number of rotatable bonds is 7. The minimum absolute atomic E-state index is 0.0703. The number of para-hydroxylation sites is 1. The van der Waals surface area contributed by atoms with Gasteiger partial charge in [-0.1, -0.05) is 48.5 Å². The van der Waals surface area contributed by atoms with Crippen LogP contribution in [0.2, 0.25) is 0 Å². The van der Waals surface area contributed by atoms with Crippen molar-refractivity contribution in [2.45, 2.75) is 0 Å². The molecule has 29 heavy (non-hydrogen) atoms. The number of benzene rings is 3. The zero-order valence-corrected chi connectivity index (χ0v) is 15.3. The molecule has 3 aromatic rings. The molecule has 0 aliphatic heterocycles. The number of anilines is 1. The van der Waals surface area contributed by atoms with Crippen LogP contribution in [0.5, 0.6) is 0 Å². The second kappa shape index (κ2) is 9.71. The summed E-state index contributed by atoms with van der Waals surface area (Å²) in [5.74, 6) is 0. The molecule has 0 amide bonds. The first-order valence-corrected chi connectivity index (χ1v) is 8.76. The standard InChI is InChI=1S/C21H20N4O4/c26-24(27)20-13-12-17(21(14-20)25(28)29)11-10-16-6-4-5-7-18(16)15-22-23-19-8-2-1-3-9-19/h1-15,23-26,28H. The molecule has 8 heteroatoms. The van der Waals surface area contributed by atoms with Gasteiger partial charge in [0.05, 0.1) is 18.0 Å². The third-order valence-electron chi connectivity index (χ3n) is 4.14. The van der Waals surface area contributed by atoms with E-state index in [4.69, 9.17) is 5.21 Å². The molecule has 0 bridgehead atoms. The summed E-state index contributed by atoms with van der Waals surface area (Å²) in [6, 6.07) is 21.1. The highest BCUT2D eigenvalue weighted by atomic mass is 16.8. The minimum Gasteiger partial charge on any atom is -0.595 e. The molecule has 8 nitrogen and oxygen atoms in total. The van der Waals surface area contributed by atoms with Gasteiger partial charge in [0.1, 0.15) is 0 Å². The van der Waals surface area contributed by atoms with E-state index < -0.39 is 10.5 Å². The number of hydrogen-bond donors (Lipinski definition) is 5. The lowest BCUT2D eigenvalue weighted by atomic mass is 10.1. The van der Waals surface area contributed by atoms with Crippen molar-refractivity contribution in [3.8, 4) is 0 Å². The van der Waals surface area contributed by atoms with Gasteiger partial charge in [-0.05, 0) is 29.8 Å². The largest absolute Gasteiger partial charge is 0.595 e. The summed E-state index contributed by atoms with van der Waals surface area (Å²) < 4.78 is 0. The van der Waals surface area contributed by atoms with Crippen LogP contribution < -0.4 is 15.9 Å². The molecular weight excluding hydrogens is 372 g/mol. The average Bonchev–Trinajstić information content (AvgIpc) is 2.73. The molecule has 0 aliphatic carbocycles. The van der Waals surface area contributed by atoms with Crippen molar-refractivity contribution < 1.29 is 20.9 Å². The molecule has 5 N–H and O–H groups in total. The number of hydrogen-bond acceptors (Lipinski definition) is 6. The number of nitrogens with one attached hydrogen (secondary N) is 3. The third-order valence-corrected chi connectivity index (χ3v) is 4.14. The van der Waals surface area contributed by atoms with Crippen LogP contribution in [-0.4, -0.2) is 16.6 Å². The molecule has 0 saturated heterocycles. The molecule has 2 unspecified atom stereocenters. The fraction of sp³-hybridized carbons (Fsp3) is 0. The molecule has 0 saturated carbocycles. The predicted molar refractivity (Wildman–Crippen MR) is 111 cm³/mol. The maximum Gasteiger partial charge on any atom is 0.177 e. The van der Waals surface area contributed by atoms with Crippen LogP contribution in [0.3, 0.4) is 0 Å². The third kappa shape index (κ3) is 5.56. The fourth-order valence-electron chi connectivity index (χ4n) is 2.67. The van der Waals surface area contributed by atoms with Crippen molar-refractivity contribution in [1.82, 2.24) is 0 Å². The van der Waals surface area contributed by atoms with E-state index in [0.29, 0.717) is 5.56 Å². The highest BCUT2D eigenvalue weighted by molar-refractivity contribution is 5.88. The summed E-state index contributed by atoms with van der Waals surface area (Å²) in [6.07, 6.45) is 5.09. The summed E-state index contributed by atoms with van der Waals surface area (Å²) in [5, 5.41) is 42.9. The number of nitrogens with zero attached hydrogens (tertiary/aromatic N) is 1. The lowest BCUT2D eigenvalue weighted by molar-refractivity contribution is -0.996. The summed E-state index contributed by atoms with van der Waals surface area (Å²) in [4.78, 5) is 0. The average molecular weight is 392 g/mol. The van der Waals surface area contributed by atoms with Crippen LogP contribution in [0.4, 0.5) is 17.1 Å². The second-order valence-electron chi connectivity index (χ2n) is 6.11. The molecule has 148 valence electrons. The van der Waals surface area contributed by atoms with Crippen molar-refractivity contribution in [3.05, 3.63) is 99.9 Å². The minimum atomic E-state index is -1.19. The quantitative estimate of drug-likeness (QED) is 0.240. The normalized spacial score (nSPS) is 13.7. The summed E-state index contributed by atoms with van der Waals surface area (Å²) in [5.41, 5.74) is 5.76. The van der Waals surface area contributed by atoms with Crippen molar-refractivity contribution in [3.63, 3.8) is 0 Å². The molecule has 0 aromatic heterocycles. The van der Waals surface area contributed by atoms with Crippen LogP contribution in [-0.2, 0) is 0 Å². The number of hydrazone groups is 1. The molecule has 0 fully saturated rings. The van der Waals surface area contributed by atoms with Gasteiger partial charge >= 0.3 is 0 Å². The van der Waals surface area contributed by atoms with E-state index in [1.54, 1.807) is 18.4 Å². The highest BCUT2D eigenvalue weighted by Gasteiger charge is 2.11. The van der Waals surface area contributed by atoms with Crippen molar-refractivity contribution in [1.29, 1.82) is 0 Å². The van der Waals surface area contributed by atoms with Crippen LogP contribution >= 0.6 is 0 Å². The van der Waals surface area contributed by atoms with E-state index in [1.807, 2.05) is 54.6 Å². The van der Waals surface area contributed by atoms with Crippen LogP contribution in [0.25, 0.3) is 12.2 Å². The Morgan fingerprint density at radius 3 is 2.10 bits per heavy atom. The Hall–Kier alpha value is -3.37. The Bertz CT molecular complexity index is 1000.